The molecule has 3 rings (SSSR count). The van der Waals surface area contributed by atoms with Gasteiger partial charge in [-0.1, -0.05) is 93.6 Å². The molecule has 2 amide bonds. The van der Waals surface area contributed by atoms with Crippen LogP contribution < -0.4 is 25.4 Å². The van der Waals surface area contributed by atoms with Crippen molar-refractivity contribution in [1.29, 1.82) is 10.8 Å². The topological polar surface area (TPSA) is 239 Å². The van der Waals surface area contributed by atoms with Gasteiger partial charge in [-0.15, -0.1) is 0 Å². The Morgan fingerprint density at radius 3 is 1.91 bits per heavy atom. The third kappa shape index (κ3) is 21.2. The highest BCUT2D eigenvalue weighted by Crippen LogP contribution is 2.29. The Bertz CT molecular complexity index is 2320. The van der Waals surface area contributed by atoms with Crippen LogP contribution in [0.25, 0.3) is 0 Å². The number of carbonyl (C=O) groups excluding carboxylic acids is 6. The number of para-hydroxylation sites is 2. The summed E-state index contributed by atoms with van der Waals surface area (Å²) in [4.78, 5) is 84.9. The van der Waals surface area contributed by atoms with Gasteiger partial charge in [-0.05, 0) is 87.8 Å². The fraction of sp³-hybridized carbons (Fsp3) is 0.365. The predicted octanol–water partition coefficient (Wildman–Crippen LogP) is 8.01. The zero-order valence-corrected chi connectivity index (χ0v) is 40.1. The van der Waals surface area contributed by atoms with Gasteiger partial charge in [0.25, 0.3) is 5.91 Å². The summed E-state index contributed by atoms with van der Waals surface area (Å²) < 4.78 is 22.6. The van der Waals surface area contributed by atoms with Crippen LogP contribution in [0, 0.1) is 16.2 Å². The molecule has 1 atom stereocenters. The third-order valence-corrected chi connectivity index (χ3v) is 9.84. The maximum atomic E-state index is 14.0. The van der Waals surface area contributed by atoms with Crippen LogP contribution in [0.1, 0.15) is 116 Å². The number of benzene rings is 2. The van der Waals surface area contributed by atoms with Crippen LogP contribution in [0.4, 0.5) is 0 Å². The number of hydrogen-bond donors (Lipinski definition) is 5. The van der Waals surface area contributed by atoms with Crippen molar-refractivity contribution in [2.24, 2.45) is 5.41 Å². The highest BCUT2D eigenvalue weighted by atomic mass is 16.6. The number of hydrogen-bond acceptors (Lipinski definition) is 13. The molecule has 0 aliphatic carbocycles. The molecule has 0 radical (unpaired) electrons. The van der Waals surface area contributed by atoms with Crippen molar-refractivity contribution in [3.05, 3.63) is 138 Å². The van der Waals surface area contributed by atoms with Gasteiger partial charge >= 0.3 is 23.9 Å². The molecule has 3 aromatic rings. The lowest BCUT2D eigenvalue weighted by atomic mass is 9.86. The van der Waals surface area contributed by atoms with Crippen molar-refractivity contribution >= 4 is 47.6 Å². The molecule has 0 fully saturated rings. The molecule has 1 aromatic heterocycles. The molecule has 17 heteroatoms. The molecule has 0 spiro atoms. The summed E-state index contributed by atoms with van der Waals surface area (Å²) in [7, 11) is 3.16. The molecule has 0 unspecified atom stereocenters. The molecule has 0 aliphatic heterocycles. The number of carbonyl (C=O) groups is 6. The van der Waals surface area contributed by atoms with Crippen LogP contribution in [0.15, 0.2) is 122 Å². The monoisotopic (exact) mass is 947 g/mol. The van der Waals surface area contributed by atoms with Crippen molar-refractivity contribution < 1.29 is 47.7 Å². The predicted molar refractivity (Wildman–Crippen MR) is 263 cm³/mol. The fourth-order valence-electron chi connectivity index (χ4n) is 6.03. The molecule has 0 saturated heterocycles. The Morgan fingerprint density at radius 1 is 0.710 bits per heavy atom. The number of unbranched alkanes of at least 4 members (excludes halogenated alkanes) is 3. The van der Waals surface area contributed by atoms with Gasteiger partial charge in [0.1, 0.15) is 29.2 Å². The second kappa shape index (κ2) is 30.6. The minimum absolute atomic E-state index is 0.110. The molecule has 368 valence electrons. The first-order valence-electron chi connectivity index (χ1n) is 22.8. The van der Waals surface area contributed by atoms with Gasteiger partial charge in [0.05, 0.1) is 5.56 Å². The van der Waals surface area contributed by atoms with Crippen molar-refractivity contribution in [1.82, 2.24) is 25.8 Å². The van der Waals surface area contributed by atoms with E-state index >= 15 is 0 Å². The number of nitrogens with one attached hydrogen (secondary N) is 5. The van der Waals surface area contributed by atoms with Gasteiger partial charge in [0, 0.05) is 51.3 Å². The zero-order chi connectivity index (χ0) is 50.4. The molecular formula is C52H65N7O10. The van der Waals surface area contributed by atoms with E-state index in [0.29, 0.717) is 12.8 Å². The maximum absolute atomic E-state index is 14.0. The van der Waals surface area contributed by atoms with E-state index in [9.17, 15) is 28.8 Å². The number of pyridine rings is 1. The fourth-order valence-corrected chi connectivity index (χ4v) is 6.03. The number of ether oxygens (including phenoxy) is 4. The molecular weight excluding hydrogens is 883 g/mol. The third-order valence-electron chi connectivity index (χ3n) is 9.84. The van der Waals surface area contributed by atoms with Crippen molar-refractivity contribution in [3.63, 3.8) is 0 Å². The minimum Gasteiger partial charge on any atom is -0.465 e. The summed E-state index contributed by atoms with van der Waals surface area (Å²) in [5.74, 6) is -5.73. The molecule has 0 bridgehead atoms. The van der Waals surface area contributed by atoms with Crippen molar-refractivity contribution in [2.75, 3.05) is 27.2 Å². The number of guanidine groups is 2. The Kier molecular flexibility index (Phi) is 24.6. The van der Waals surface area contributed by atoms with Gasteiger partial charge in [0.2, 0.25) is 11.9 Å². The van der Waals surface area contributed by atoms with E-state index in [2.05, 4.69) is 70.4 Å². The summed E-state index contributed by atoms with van der Waals surface area (Å²) in [5.41, 5.74) is -1.56. The molecule has 69 heavy (non-hydrogen) atoms. The summed E-state index contributed by atoms with van der Waals surface area (Å²) in [6, 6.07) is 14.6. The quantitative estimate of drug-likeness (QED) is 0.0128. The van der Waals surface area contributed by atoms with Crippen LogP contribution in [0.5, 0.6) is 11.5 Å². The van der Waals surface area contributed by atoms with Gasteiger partial charge in [-0.2, -0.15) is 0 Å². The zero-order valence-electron chi connectivity index (χ0n) is 40.1. The SMILES string of the molecule is CC/C=C\C/C=C\C/C=C\CCC/C=C/CCCC(=O)OCC(C)(C)[C@@H](OC(=O)c1ccccc1OC(=O)c1ccccc1OC(=O)c1cccnc1)C(=O)NCCC(=O)NC(=N)NC(=N)N(C)C. The number of nitrogens with zero attached hydrogens (tertiary/aromatic N) is 2. The number of esters is 4. The van der Waals surface area contributed by atoms with E-state index in [1.165, 1.54) is 65.8 Å². The summed E-state index contributed by atoms with van der Waals surface area (Å²) in [6.07, 6.45) is 25.2. The summed E-state index contributed by atoms with van der Waals surface area (Å²) in [5, 5.41) is 23.0. The Morgan fingerprint density at radius 2 is 1.29 bits per heavy atom. The van der Waals surface area contributed by atoms with Crippen LogP contribution in [-0.4, -0.2) is 90.8 Å². The first kappa shape index (κ1) is 55.6. The lowest BCUT2D eigenvalue weighted by molar-refractivity contribution is -0.153. The van der Waals surface area contributed by atoms with Crippen LogP contribution >= 0.6 is 0 Å². The van der Waals surface area contributed by atoms with Gasteiger partial charge in [-0.25, -0.2) is 14.4 Å². The van der Waals surface area contributed by atoms with E-state index in [1.807, 2.05) is 6.08 Å². The van der Waals surface area contributed by atoms with Crippen molar-refractivity contribution in [3.8, 4) is 11.5 Å². The smallest absolute Gasteiger partial charge is 0.347 e. The highest BCUT2D eigenvalue weighted by Gasteiger charge is 2.40. The van der Waals surface area contributed by atoms with Crippen molar-refractivity contribution in [2.45, 2.75) is 91.1 Å². The lowest BCUT2D eigenvalue weighted by Gasteiger charge is -2.32. The largest absolute Gasteiger partial charge is 0.465 e. The molecule has 1 heterocycles. The van der Waals surface area contributed by atoms with Crippen LogP contribution in [0.2, 0.25) is 0 Å². The Balaban J connectivity index is 1.65. The van der Waals surface area contributed by atoms with Gasteiger partial charge in [0.15, 0.2) is 12.1 Å². The number of amides is 2. The first-order valence-corrected chi connectivity index (χ1v) is 22.8. The second-order valence-electron chi connectivity index (χ2n) is 16.4. The van der Waals surface area contributed by atoms with E-state index in [1.54, 1.807) is 40.1 Å². The van der Waals surface area contributed by atoms with Crippen LogP contribution in [0.3, 0.4) is 0 Å². The summed E-state index contributed by atoms with van der Waals surface area (Å²) >= 11 is 0. The van der Waals surface area contributed by atoms with Gasteiger partial charge in [-0.3, -0.25) is 40.8 Å². The molecule has 0 saturated carbocycles. The average molecular weight is 948 g/mol. The van der Waals surface area contributed by atoms with E-state index in [0.717, 1.165) is 38.5 Å². The van der Waals surface area contributed by atoms with Crippen LogP contribution in [-0.2, 0) is 23.9 Å². The van der Waals surface area contributed by atoms with E-state index < -0.39 is 53.2 Å². The normalized spacial score (nSPS) is 11.8. The lowest BCUT2D eigenvalue weighted by Crippen LogP contribution is -2.50. The molecule has 0 aliphatic rings. The molecule has 5 N–H and O–H groups in total. The number of rotatable bonds is 26. The standard InChI is InChI=1S/C52H65N7O10/c1-6-7-8-9-10-11-12-13-14-15-16-17-18-19-20-21-32-44(61)66-37-52(2,3)45(46(62)56-35-33-43(60)57-50(53)58-51(54)59(4)5)69-49(65)40-29-23-25-31-42(40)68-48(64)39-28-22-24-30-41(39)67-47(63)38-27-26-34-55-36-38/h7-8,10-11,13-14,18-19,22-31,34,36,45H,6,9,12,15-17,20-21,32-33,35,37H2,1-5H3,(H,56,62)(H4,53,54,57,58,60)/b8-7-,11-10-,14-13-,19-18+/t45-/m0/s1. The number of allylic oxidation sites excluding steroid dienone is 8. The van der Waals surface area contributed by atoms with E-state index in [-0.39, 0.29) is 60.1 Å². The average Bonchev–Trinajstić information content (AvgIpc) is 3.32. The Hall–Kier alpha value is -7.69. The number of aromatic nitrogens is 1. The Labute approximate surface area is 404 Å². The summed E-state index contributed by atoms with van der Waals surface area (Å²) in [6.45, 7) is 4.66. The minimum atomic E-state index is -1.61. The molecule has 17 nitrogen and oxygen atoms in total. The van der Waals surface area contributed by atoms with E-state index in [4.69, 9.17) is 29.8 Å². The first-order chi connectivity index (χ1) is 33.1. The highest BCUT2D eigenvalue weighted by molar-refractivity contribution is 6.03. The maximum Gasteiger partial charge on any atom is 0.347 e. The second-order valence-corrected chi connectivity index (χ2v) is 16.4. The molecule has 2 aromatic carbocycles. The van der Waals surface area contributed by atoms with Gasteiger partial charge < -0.3 is 29.2 Å².